The normalized spacial score (nSPS) is 21.9. The summed E-state index contributed by atoms with van der Waals surface area (Å²) in [7, 11) is 0. The third kappa shape index (κ3) is 6.09. The van der Waals surface area contributed by atoms with Gasteiger partial charge in [0.1, 0.15) is 18.7 Å². The first-order chi connectivity index (χ1) is 12.7. The van der Waals surface area contributed by atoms with Gasteiger partial charge < -0.3 is 25.7 Å². The summed E-state index contributed by atoms with van der Waals surface area (Å²) < 4.78 is 49.0. The Hall–Kier alpha value is -1.76. The number of rotatable bonds is 6. The van der Waals surface area contributed by atoms with E-state index in [1.165, 1.54) is 24.3 Å². The van der Waals surface area contributed by atoms with E-state index in [1.54, 1.807) is 0 Å². The lowest BCUT2D eigenvalue weighted by molar-refractivity contribution is 0.170. The van der Waals surface area contributed by atoms with E-state index in [-0.39, 0.29) is 33.6 Å². The monoisotopic (exact) mass is 389 g/mol. The molecular weight excluding hydrogens is 362 g/mol. The lowest BCUT2D eigenvalue weighted by atomic mass is 10.1. The van der Waals surface area contributed by atoms with E-state index in [4.69, 9.17) is 8.27 Å². The molecule has 2 aromatic carbocycles. The third-order valence-corrected chi connectivity index (χ3v) is 2.78. The quantitative estimate of drug-likeness (QED) is 0.523. The molecule has 0 aliphatic heterocycles. The Kier molecular flexibility index (Phi) is 4.47. The Morgan fingerprint density at radius 2 is 1.65 bits per heavy atom. The highest BCUT2D eigenvalue weighted by Crippen LogP contribution is 2.24. The van der Waals surface area contributed by atoms with Gasteiger partial charge in [-0.2, -0.15) is 0 Å². The van der Waals surface area contributed by atoms with Crippen molar-refractivity contribution >= 4 is 17.0 Å². The molecule has 0 fully saturated rings. The van der Waals surface area contributed by atoms with Gasteiger partial charge in [-0.1, -0.05) is 12.1 Å². The fourth-order valence-corrected chi connectivity index (χ4v) is 1.78. The van der Waals surface area contributed by atoms with Crippen molar-refractivity contribution in [2.45, 2.75) is 25.4 Å². The molecule has 0 aliphatic carbocycles. The smallest absolute Gasteiger partial charge is 0.123 e. The molecule has 0 aliphatic rings. The van der Waals surface area contributed by atoms with Crippen LogP contribution >= 0.6 is 17.0 Å². The zero-order valence-electron chi connectivity index (χ0n) is 18.3. The minimum Gasteiger partial charge on any atom is -0.508 e. The van der Waals surface area contributed by atoms with Gasteiger partial charge in [0.25, 0.3) is 0 Å². The summed E-state index contributed by atoms with van der Waals surface area (Å²) in [6.07, 6.45) is -4.66. The lowest BCUT2D eigenvalue weighted by Gasteiger charge is -2.18. The Labute approximate surface area is 154 Å². The van der Waals surface area contributed by atoms with Crippen molar-refractivity contribution in [3.05, 3.63) is 53.6 Å². The van der Waals surface area contributed by atoms with Gasteiger partial charge in [0.2, 0.25) is 0 Å². The summed E-state index contributed by atoms with van der Waals surface area (Å²) in [6.45, 7) is -2.14. The van der Waals surface area contributed by atoms with E-state index < -0.39 is 42.1 Å². The summed E-state index contributed by atoms with van der Waals surface area (Å²) in [4.78, 5) is 0. The van der Waals surface area contributed by atoms with Crippen LogP contribution in [0.15, 0.2) is 42.5 Å². The van der Waals surface area contributed by atoms with Crippen LogP contribution in [-0.4, -0.2) is 32.9 Å². The fourth-order valence-electron chi connectivity index (χ4n) is 1.78. The maximum atomic E-state index is 10.5. The maximum Gasteiger partial charge on any atom is 0.123 e. The molecule has 0 spiro atoms. The molecule has 0 bridgehead atoms. The van der Waals surface area contributed by atoms with Gasteiger partial charge in [0, 0.05) is 24.1 Å². The molecule has 0 saturated carbocycles. The van der Waals surface area contributed by atoms with Gasteiger partial charge in [0.05, 0.1) is 7.45 Å². The predicted octanol–water partition coefficient (Wildman–Crippen LogP) is 2.64. The molecule has 0 aromatic heterocycles. The average molecular weight is 390 g/mol. The van der Waals surface area contributed by atoms with Crippen LogP contribution in [0, 0.1) is 0 Å². The van der Waals surface area contributed by atoms with Gasteiger partial charge in [-0.15, -0.1) is 17.0 Å². The molecule has 0 radical (unpaired) electrons. The van der Waals surface area contributed by atoms with Crippen molar-refractivity contribution < 1.29 is 28.7 Å². The number of hydrogen-bond donors (Lipinski definition) is 5. The predicted molar refractivity (Wildman–Crippen MR) is 94.3 cm³/mol. The van der Waals surface area contributed by atoms with Crippen LogP contribution in [0.5, 0.6) is 17.2 Å². The maximum absolute atomic E-state index is 10.5. The lowest BCUT2D eigenvalue weighted by Crippen LogP contribution is -2.32. The molecule has 2 rings (SSSR count). The van der Waals surface area contributed by atoms with Crippen LogP contribution in [0.3, 0.4) is 0 Å². The number of aromatic hydroxyl groups is 3. The largest absolute Gasteiger partial charge is 0.508 e. The Morgan fingerprint density at radius 1 is 1.09 bits per heavy atom. The summed E-state index contributed by atoms with van der Waals surface area (Å²) >= 11 is 0. The number of halogens is 1. The van der Waals surface area contributed by atoms with E-state index in [2.05, 4.69) is 0 Å². The zero-order valence-corrected chi connectivity index (χ0v) is 14.0. The number of nitrogens with one attached hydrogen (secondary N) is 1. The van der Waals surface area contributed by atoms with E-state index in [0.717, 1.165) is 25.1 Å². The third-order valence-electron chi connectivity index (χ3n) is 2.78. The number of benzene rings is 2. The number of aliphatic hydroxyl groups is 1. The second kappa shape index (κ2) is 8.76. The van der Waals surface area contributed by atoms with Crippen molar-refractivity contribution in [3.63, 3.8) is 0 Å². The summed E-state index contributed by atoms with van der Waals surface area (Å²) in [5.74, 6) is -1.11. The number of phenols is 3. The second-order valence-corrected chi connectivity index (χ2v) is 4.69. The topological polar surface area (TPSA) is 93.0 Å². The summed E-state index contributed by atoms with van der Waals surface area (Å²) in [5.41, 5.74) is -0.318. The number of hydrogen-bond acceptors (Lipinski definition) is 5. The van der Waals surface area contributed by atoms with E-state index in [0.29, 0.717) is 0 Å². The molecule has 2 aromatic rings. The molecule has 23 heavy (non-hydrogen) atoms. The van der Waals surface area contributed by atoms with Crippen LogP contribution < -0.4 is 5.31 Å². The standard InChI is InChI=1S/C17H21NO4.BrH/c1-11(6-12-2-4-14(19)5-3-12)18-10-17(22)13-7-15(20)9-16(21)8-13;/h2-5,7-9,11,17-22H,6,10H2,1H3;1H/i6D,10D2,11D,17D;/hD. The van der Waals surface area contributed by atoms with Crippen molar-refractivity contribution in [2.75, 3.05) is 6.50 Å². The first-order valence-corrected chi connectivity index (χ1v) is 6.47. The minimum atomic E-state index is -3.22. The fraction of sp³-hybridized carbons (Fsp3) is 0.294. The molecule has 3 unspecified atom stereocenters. The van der Waals surface area contributed by atoms with Crippen LogP contribution in [0.1, 0.15) is 31.0 Å². The molecule has 0 saturated heterocycles. The first-order valence-electron chi connectivity index (χ1n) is 9.50. The average Bonchev–Trinajstić information content (AvgIpc) is 2.60. The molecule has 0 heterocycles. The Bertz CT molecular complexity index is 830. The van der Waals surface area contributed by atoms with Crippen LogP contribution in [0.2, 0.25) is 1.41 Å². The van der Waals surface area contributed by atoms with Gasteiger partial charge >= 0.3 is 0 Å². The first kappa shape index (κ1) is 11.7. The van der Waals surface area contributed by atoms with Crippen molar-refractivity contribution in [1.82, 2.24) is 5.31 Å². The van der Waals surface area contributed by atoms with Crippen LogP contribution in [-0.2, 0) is 6.40 Å². The van der Waals surface area contributed by atoms with Crippen molar-refractivity contribution in [1.29, 1.82) is 0 Å². The Balaban J connectivity index is 0.00000420. The van der Waals surface area contributed by atoms with E-state index in [9.17, 15) is 20.4 Å². The van der Waals surface area contributed by atoms with E-state index >= 15 is 0 Å². The SMILES string of the molecule is Br.[2H]C(c1ccc(O)cc1)C([2H])(C)N([2H])C([2H])([2H])C([2H])(O)c1cc(O)cc(O)c1. The van der Waals surface area contributed by atoms with Crippen LogP contribution in [0.25, 0.3) is 0 Å². The molecule has 6 heteroatoms. The van der Waals surface area contributed by atoms with E-state index in [1.807, 2.05) is 0 Å². The molecule has 5 nitrogen and oxygen atoms in total. The summed E-state index contributed by atoms with van der Waals surface area (Å²) in [5, 5.41) is 39.0. The van der Waals surface area contributed by atoms with Gasteiger partial charge in [-0.3, -0.25) is 0 Å². The van der Waals surface area contributed by atoms with Gasteiger partial charge in [-0.05, 0) is 48.7 Å². The molecule has 3 atom stereocenters. The second-order valence-electron chi connectivity index (χ2n) is 4.69. The molecule has 5 N–H and O–H groups in total. The minimum absolute atomic E-state index is 0. The van der Waals surface area contributed by atoms with Crippen molar-refractivity contribution in [2.24, 2.45) is 0 Å². The highest BCUT2D eigenvalue weighted by atomic mass is 79.9. The highest BCUT2D eigenvalue weighted by molar-refractivity contribution is 8.93. The highest BCUT2D eigenvalue weighted by Gasteiger charge is 2.12. The van der Waals surface area contributed by atoms with Crippen LogP contribution in [0.4, 0.5) is 0 Å². The zero-order chi connectivity index (χ0) is 21.5. The number of phenolic OH excluding ortho intramolecular Hbond substituents is 3. The van der Waals surface area contributed by atoms with Crippen molar-refractivity contribution in [3.8, 4) is 17.2 Å². The van der Waals surface area contributed by atoms with Gasteiger partial charge in [0.15, 0.2) is 0 Å². The molecule has 126 valence electrons. The Morgan fingerprint density at radius 3 is 2.22 bits per heavy atom. The summed E-state index contributed by atoms with van der Waals surface area (Å²) in [6, 6.07) is 5.64. The molecular formula is C17H22BrNO4. The van der Waals surface area contributed by atoms with Gasteiger partial charge in [-0.25, -0.2) is 0 Å². The molecule has 0 amide bonds.